The highest BCUT2D eigenvalue weighted by molar-refractivity contribution is 6.00. The maximum Gasteiger partial charge on any atom is 0.323 e. The first-order chi connectivity index (χ1) is 14.2. The lowest BCUT2D eigenvalue weighted by Gasteiger charge is -2.33. The maximum absolute atomic E-state index is 13.0. The molecule has 3 amide bonds. The highest BCUT2D eigenvalue weighted by Gasteiger charge is 2.35. The Hall–Kier alpha value is -2.86. The molecule has 2 aromatic rings. The number of nitrogens with one attached hydrogen (secondary N) is 2. The van der Waals surface area contributed by atoms with Crippen LogP contribution in [0.2, 0.25) is 0 Å². The Bertz CT molecular complexity index is 884. The Morgan fingerprint density at radius 3 is 2.66 bits per heavy atom. The third-order valence-corrected chi connectivity index (χ3v) is 6.14. The molecule has 0 aromatic heterocycles. The molecule has 0 saturated heterocycles. The molecule has 2 aromatic carbocycles. The first-order valence-corrected chi connectivity index (χ1v) is 10.4. The number of hydrogen-bond acceptors (Lipinski definition) is 3. The summed E-state index contributed by atoms with van der Waals surface area (Å²) in [6.45, 7) is 1.86. The number of nitrogens with zero attached hydrogens (tertiary/aromatic N) is 1. The topological polar surface area (TPSA) is 87.5 Å². The van der Waals surface area contributed by atoms with Crippen LogP contribution in [0.15, 0.2) is 48.5 Å². The molecule has 6 nitrogen and oxygen atoms in total. The van der Waals surface area contributed by atoms with Gasteiger partial charge in [0.2, 0.25) is 5.91 Å². The normalized spacial score (nSPS) is 20.8. The zero-order valence-electron chi connectivity index (χ0n) is 16.6. The van der Waals surface area contributed by atoms with Crippen LogP contribution in [0.25, 0.3) is 0 Å². The van der Waals surface area contributed by atoms with Crippen molar-refractivity contribution >= 4 is 23.3 Å². The molecule has 29 heavy (non-hydrogen) atoms. The number of anilines is 2. The van der Waals surface area contributed by atoms with Crippen LogP contribution in [-0.2, 0) is 17.8 Å². The second-order valence-corrected chi connectivity index (χ2v) is 7.93. The van der Waals surface area contributed by atoms with Crippen molar-refractivity contribution in [3.63, 3.8) is 0 Å². The fraction of sp³-hybridized carbons (Fsp3) is 0.391. The Kier molecular flexibility index (Phi) is 5.81. The van der Waals surface area contributed by atoms with Crippen molar-refractivity contribution in [2.45, 2.75) is 32.2 Å². The first kappa shape index (κ1) is 19.5. The van der Waals surface area contributed by atoms with E-state index in [0.717, 1.165) is 48.2 Å². The van der Waals surface area contributed by atoms with Crippen LogP contribution >= 0.6 is 0 Å². The number of fused-ring (bicyclic) bond motifs is 1. The summed E-state index contributed by atoms with van der Waals surface area (Å²) in [5.41, 5.74) is 9.64. The van der Waals surface area contributed by atoms with Crippen molar-refractivity contribution in [1.29, 1.82) is 0 Å². The Labute approximate surface area is 171 Å². The molecule has 6 heteroatoms. The summed E-state index contributed by atoms with van der Waals surface area (Å²) in [5, 5.41) is 5.81. The monoisotopic (exact) mass is 392 g/mol. The number of para-hydroxylation sites is 1. The van der Waals surface area contributed by atoms with E-state index in [2.05, 4.69) is 10.6 Å². The van der Waals surface area contributed by atoms with Crippen molar-refractivity contribution in [1.82, 2.24) is 4.90 Å². The number of benzene rings is 2. The molecule has 152 valence electrons. The molecule has 2 atom stereocenters. The number of amides is 3. The molecule has 0 bridgehead atoms. The Morgan fingerprint density at radius 1 is 1.03 bits per heavy atom. The van der Waals surface area contributed by atoms with Gasteiger partial charge in [0.25, 0.3) is 0 Å². The Morgan fingerprint density at radius 2 is 1.86 bits per heavy atom. The summed E-state index contributed by atoms with van der Waals surface area (Å²) in [6, 6.07) is 15.0. The maximum atomic E-state index is 13.0. The van der Waals surface area contributed by atoms with Gasteiger partial charge in [0.1, 0.15) is 0 Å². The van der Waals surface area contributed by atoms with E-state index >= 15 is 0 Å². The summed E-state index contributed by atoms with van der Waals surface area (Å²) >= 11 is 0. The van der Waals surface area contributed by atoms with E-state index in [-0.39, 0.29) is 17.9 Å². The SMILES string of the molecule is NC[C@H]1CCC[C@H]1C(=O)N1CCc2c(cccc2NC(=O)Nc2ccccc2)C1. The number of urea groups is 1. The highest BCUT2D eigenvalue weighted by Crippen LogP contribution is 2.34. The van der Waals surface area contributed by atoms with Crippen LogP contribution in [-0.4, -0.2) is 29.9 Å². The Balaban J connectivity index is 1.44. The zero-order valence-corrected chi connectivity index (χ0v) is 16.6. The van der Waals surface area contributed by atoms with E-state index in [0.29, 0.717) is 25.6 Å². The third kappa shape index (κ3) is 4.27. The quantitative estimate of drug-likeness (QED) is 0.743. The van der Waals surface area contributed by atoms with E-state index < -0.39 is 0 Å². The van der Waals surface area contributed by atoms with E-state index in [1.165, 1.54) is 0 Å². The fourth-order valence-electron chi connectivity index (χ4n) is 4.60. The van der Waals surface area contributed by atoms with Gasteiger partial charge < -0.3 is 21.3 Å². The summed E-state index contributed by atoms with van der Waals surface area (Å²) in [4.78, 5) is 27.4. The second kappa shape index (κ2) is 8.66. The number of hydrogen-bond donors (Lipinski definition) is 3. The van der Waals surface area contributed by atoms with Crippen LogP contribution < -0.4 is 16.4 Å². The van der Waals surface area contributed by atoms with Gasteiger partial charge in [-0.25, -0.2) is 4.79 Å². The summed E-state index contributed by atoms with van der Waals surface area (Å²) in [5.74, 6) is 0.627. The summed E-state index contributed by atoms with van der Waals surface area (Å²) < 4.78 is 0. The molecule has 2 aliphatic rings. The molecular weight excluding hydrogens is 364 g/mol. The van der Waals surface area contributed by atoms with E-state index in [1.54, 1.807) is 0 Å². The highest BCUT2D eigenvalue weighted by atomic mass is 16.2. The van der Waals surface area contributed by atoms with Gasteiger partial charge in [-0.2, -0.15) is 0 Å². The standard InChI is InChI=1S/C23H28N4O2/c24-14-16-6-4-10-20(16)22(28)27-13-12-19-17(15-27)7-5-11-21(19)26-23(29)25-18-8-2-1-3-9-18/h1-3,5,7-9,11,16,20H,4,6,10,12-15,24H2,(H2,25,26,29)/t16-,20-/m1/s1. The average molecular weight is 393 g/mol. The van der Waals surface area contributed by atoms with Crippen molar-refractivity contribution in [2.24, 2.45) is 17.6 Å². The predicted molar refractivity (Wildman–Crippen MR) is 115 cm³/mol. The van der Waals surface area contributed by atoms with Gasteiger partial charge in [-0.05, 0) is 61.1 Å². The van der Waals surface area contributed by atoms with Crippen molar-refractivity contribution in [3.8, 4) is 0 Å². The molecule has 4 rings (SSSR count). The molecule has 4 N–H and O–H groups in total. The second-order valence-electron chi connectivity index (χ2n) is 7.93. The van der Waals surface area contributed by atoms with Gasteiger partial charge in [0, 0.05) is 30.4 Å². The van der Waals surface area contributed by atoms with Gasteiger partial charge >= 0.3 is 6.03 Å². The molecule has 1 fully saturated rings. The lowest BCUT2D eigenvalue weighted by Crippen LogP contribution is -2.42. The summed E-state index contributed by atoms with van der Waals surface area (Å²) in [6.07, 6.45) is 3.84. The minimum atomic E-state index is -0.264. The van der Waals surface area contributed by atoms with Gasteiger partial charge in [-0.1, -0.05) is 36.8 Å². The predicted octanol–water partition coefficient (Wildman–Crippen LogP) is 3.59. The van der Waals surface area contributed by atoms with Gasteiger partial charge in [-0.3, -0.25) is 4.79 Å². The number of carbonyl (C=O) groups excluding carboxylic acids is 2. The van der Waals surface area contributed by atoms with Gasteiger partial charge in [0.05, 0.1) is 0 Å². The van der Waals surface area contributed by atoms with Crippen LogP contribution in [0.4, 0.5) is 16.2 Å². The molecule has 1 aliphatic carbocycles. The molecule has 0 unspecified atom stereocenters. The average Bonchev–Trinajstić information content (AvgIpc) is 3.22. The van der Waals surface area contributed by atoms with Crippen LogP contribution in [0, 0.1) is 11.8 Å². The largest absolute Gasteiger partial charge is 0.338 e. The van der Waals surface area contributed by atoms with E-state index in [1.807, 2.05) is 53.4 Å². The molecule has 1 heterocycles. The number of rotatable bonds is 4. The lowest BCUT2D eigenvalue weighted by atomic mass is 9.92. The van der Waals surface area contributed by atoms with E-state index in [9.17, 15) is 9.59 Å². The number of nitrogens with two attached hydrogens (primary N) is 1. The van der Waals surface area contributed by atoms with Gasteiger partial charge in [-0.15, -0.1) is 0 Å². The minimum absolute atomic E-state index is 0.0690. The minimum Gasteiger partial charge on any atom is -0.338 e. The van der Waals surface area contributed by atoms with Crippen molar-refractivity contribution in [2.75, 3.05) is 23.7 Å². The fourth-order valence-corrected chi connectivity index (χ4v) is 4.60. The first-order valence-electron chi connectivity index (χ1n) is 10.4. The molecule has 0 radical (unpaired) electrons. The van der Waals surface area contributed by atoms with E-state index in [4.69, 9.17) is 5.73 Å². The lowest BCUT2D eigenvalue weighted by molar-refractivity contribution is -0.137. The van der Waals surface area contributed by atoms with Crippen LogP contribution in [0.3, 0.4) is 0 Å². The molecule has 1 saturated carbocycles. The third-order valence-electron chi connectivity index (χ3n) is 6.14. The van der Waals surface area contributed by atoms with Crippen molar-refractivity contribution in [3.05, 3.63) is 59.7 Å². The number of carbonyl (C=O) groups is 2. The smallest absolute Gasteiger partial charge is 0.323 e. The van der Waals surface area contributed by atoms with Crippen molar-refractivity contribution < 1.29 is 9.59 Å². The molecular formula is C23H28N4O2. The zero-order chi connectivity index (χ0) is 20.2. The summed E-state index contributed by atoms with van der Waals surface area (Å²) in [7, 11) is 0. The van der Waals surface area contributed by atoms with Crippen LogP contribution in [0.5, 0.6) is 0 Å². The molecule has 0 spiro atoms. The van der Waals surface area contributed by atoms with Gasteiger partial charge in [0.15, 0.2) is 0 Å². The molecule has 1 aliphatic heterocycles. The van der Waals surface area contributed by atoms with Crippen LogP contribution in [0.1, 0.15) is 30.4 Å².